The molecule has 34 heavy (non-hydrogen) atoms. The minimum Gasteiger partial charge on any atom is -0.497 e. The van der Waals surface area contributed by atoms with Crippen molar-refractivity contribution < 1.29 is 23.9 Å². The first-order chi connectivity index (χ1) is 16.5. The zero-order valence-electron chi connectivity index (χ0n) is 19.6. The highest BCUT2D eigenvalue weighted by Crippen LogP contribution is 2.24. The van der Waals surface area contributed by atoms with Crippen LogP contribution in [0.1, 0.15) is 33.6 Å². The maximum Gasteiger partial charge on any atom is 0.253 e. The van der Waals surface area contributed by atoms with E-state index in [0.29, 0.717) is 55.1 Å². The van der Waals surface area contributed by atoms with Crippen molar-refractivity contribution in [3.8, 4) is 11.5 Å². The Balaban J connectivity index is 1.68. The smallest absolute Gasteiger partial charge is 0.253 e. The van der Waals surface area contributed by atoms with Crippen LogP contribution in [0.25, 0.3) is 0 Å². The number of hydrogen-bond acceptors (Lipinski definition) is 5. The molecule has 0 aliphatic carbocycles. The van der Waals surface area contributed by atoms with Crippen LogP contribution in [-0.2, 0) is 4.79 Å². The summed E-state index contributed by atoms with van der Waals surface area (Å²) in [4.78, 5) is 40.5. The van der Waals surface area contributed by atoms with Gasteiger partial charge in [0.25, 0.3) is 11.8 Å². The van der Waals surface area contributed by atoms with Crippen LogP contribution in [0, 0.1) is 5.92 Å². The van der Waals surface area contributed by atoms with Crippen LogP contribution in [0.15, 0.2) is 61.2 Å². The lowest BCUT2D eigenvalue weighted by atomic mass is 9.88. The van der Waals surface area contributed by atoms with Gasteiger partial charge in [0.05, 0.1) is 14.2 Å². The molecule has 0 radical (unpaired) electrons. The normalized spacial score (nSPS) is 14.6. The van der Waals surface area contributed by atoms with Gasteiger partial charge in [0.15, 0.2) is 0 Å². The van der Waals surface area contributed by atoms with E-state index in [1.165, 1.54) is 0 Å². The van der Waals surface area contributed by atoms with Crippen LogP contribution in [-0.4, -0.2) is 62.5 Å². The molecule has 8 heteroatoms. The molecular formula is C26H31N3O5. The van der Waals surface area contributed by atoms with Crippen molar-refractivity contribution in [3.05, 3.63) is 72.3 Å². The summed E-state index contributed by atoms with van der Waals surface area (Å²) in [7, 11) is 3.12. The Kier molecular flexibility index (Phi) is 8.67. The van der Waals surface area contributed by atoms with Crippen LogP contribution in [0.3, 0.4) is 0 Å². The third-order valence-corrected chi connectivity index (χ3v) is 5.96. The number of nitrogens with zero attached hydrogens (tertiary/aromatic N) is 1. The first-order valence-electron chi connectivity index (χ1n) is 11.2. The Hall–Kier alpha value is -3.81. The van der Waals surface area contributed by atoms with Crippen LogP contribution in [0.2, 0.25) is 0 Å². The molecule has 1 aliphatic heterocycles. The second-order valence-corrected chi connectivity index (χ2v) is 8.08. The third kappa shape index (κ3) is 6.15. The molecule has 0 bridgehead atoms. The minimum atomic E-state index is -0.719. The number of nitrogens with one attached hydrogen (secondary N) is 2. The van der Waals surface area contributed by atoms with E-state index in [2.05, 4.69) is 17.2 Å². The molecule has 1 atom stereocenters. The Bertz CT molecular complexity index is 1010. The van der Waals surface area contributed by atoms with Crippen molar-refractivity contribution in [3.63, 3.8) is 0 Å². The predicted molar refractivity (Wildman–Crippen MR) is 129 cm³/mol. The number of piperidine rings is 1. The maximum absolute atomic E-state index is 12.9. The van der Waals surface area contributed by atoms with E-state index in [9.17, 15) is 14.4 Å². The molecule has 1 heterocycles. The molecule has 8 nitrogen and oxygen atoms in total. The summed E-state index contributed by atoms with van der Waals surface area (Å²) in [6.45, 7) is 4.92. The van der Waals surface area contributed by atoms with Crippen molar-refractivity contribution in [2.75, 3.05) is 33.9 Å². The molecule has 1 fully saturated rings. The molecule has 180 valence electrons. The van der Waals surface area contributed by atoms with Crippen molar-refractivity contribution in [1.29, 1.82) is 0 Å². The van der Waals surface area contributed by atoms with Crippen LogP contribution >= 0.6 is 0 Å². The van der Waals surface area contributed by atoms with Gasteiger partial charge in [0, 0.05) is 30.8 Å². The second-order valence-electron chi connectivity index (χ2n) is 8.08. The van der Waals surface area contributed by atoms with Gasteiger partial charge < -0.3 is 25.0 Å². The van der Waals surface area contributed by atoms with Crippen LogP contribution < -0.4 is 20.1 Å². The number of hydrogen-bond donors (Lipinski definition) is 2. The Morgan fingerprint density at radius 3 is 2.32 bits per heavy atom. The zero-order chi connectivity index (χ0) is 24.5. The van der Waals surface area contributed by atoms with E-state index in [4.69, 9.17) is 9.47 Å². The average Bonchev–Trinajstić information content (AvgIpc) is 2.90. The molecule has 1 aliphatic rings. The molecule has 3 rings (SSSR count). The molecule has 3 amide bonds. The van der Waals surface area contributed by atoms with Gasteiger partial charge in [-0.1, -0.05) is 12.1 Å². The van der Waals surface area contributed by atoms with E-state index in [1.54, 1.807) is 73.7 Å². The molecular weight excluding hydrogens is 434 g/mol. The summed E-state index contributed by atoms with van der Waals surface area (Å²) >= 11 is 0. The summed E-state index contributed by atoms with van der Waals surface area (Å²) in [6, 6.07) is 13.0. The predicted octanol–water partition coefficient (Wildman–Crippen LogP) is 2.66. The highest BCUT2D eigenvalue weighted by atomic mass is 16.5. The number of amides is 3. The minimum absolute atomic E-state index is 0.0766. The van der Waals surface area contributed by atoms with Crippen molar-refractivity contribution >= 4 is 17.7 Å². The van der Waals surface area contributed by atoms with Crippen molar-refractivity contribution in [1.82, 2.24) is 15.5 Å². The van der Waals surface area contributed by atoms with Gasteiger partial charge in [0.1, 0.15) is 17.5 Å². The van der Waals surface area contributed by atoms with Gasteiger partial charge in [-0.3, -0.25) is 14.4 Å². The number of benzene rings is 2. The first-order valence-corrected chi connectivity index (χ1v) is 11.2. The molecule has 1 saturated heterocycles. The van der Waals surface area contributed by atoms with Gasteiger partial charge in [-0.25, -0.2) is 0 Å². The molecule has 0 aromatic heterocycles. The average molecular weight is 466 g/mol. The van der Waals surface area contributed by atoms with Crippen LogP contribution in [0.5, 0.6) is 11.5 Å². The molecule has 2 aromatic carbocycles. The highest BCUT2D eigenvalue weighted by molar-refractivity contribution is 5.98. The Morgan fingerprint density at radius 1 is 1.03 bits per heavy atom. The second kappa shape index (κ2) is 11.9. The maximum atomic E-state index is 12.9. The fourth-order valence-electron chi connectivity index (χ4n) is 4.02. The molecule has 2 aromatic rings. The summed E-state index contributed by atoms with van der Waals surface area (Å²) in [5.41, 5.74) is 0.999. The summed E-state index contributed by atoms with van der Waals surface area (Å²) in [5, 5.41) is 5.69. The number of carbonyl (C=O) groups excluding carboxylic acids is 3. The number of methoxy groups -OCH3 is 2. The summed E-state index contributed by atoms with van der Waals surface area (Å²) in [6.07, 6.45) is 2.77. The SMILES string of the molecule is C=CCNC(=O)C(NC(=O)c1ccc(OC)cc1)C1CCN(C(=O)c2cccc(OC)c2)CC1. The van der Waals surface area contributed by atoms with Gasteiger partial charge in [-0.15, -0.1) is 6.58 Å². The highest BCUT2D eigenvalue weighted by Gasteiger charge is 2.34. The lowest BCUT2D eigenvalue weighted by molar-refractivity contribution is -0.124. The summed E-state index contributed by atoms with van der Waals surface area (Å²) in [5.74, 6) is 0.482. The molecule has 2 N–H and O–H groups in total. The van der Waals surface area contributed by atoms with Gasteiger partial charge in [-0.2, -0.15) is 0 Å². The lowest BCUT2D eigenvalue weighted by Gasteiger charge is -2.36. The van der Waals surface area contributed by atoms with Crippen molar-refractivity contribution in [2.45, 2.75) is 18.9 Å². The largest absolute Gasteiger partial charge is 0.497 e. The zero-order valence-corrected chi connectivity index (χ0v) is 19.6. The van der Waals surface area contributed by atoms with E-state index in [1.807, 2.05) is 0 Å². The van der Waals surface area contributed by atoms with E-state index < -0.39 is 6.04 Å². The molecule has 1 unspecified atom stereocenters. The fourth-order valence-corrected chi connectivity index (χ4v) is 4.02. The molecule has 0 saturated carbocycles. The number of carbonyl (C=O) groups is 3. The monoisotopic (exact) mass is 465 g/mol. The van der Waals surface area contributed by atoms with Gasteiger partial charge >= 0.3 is 0 Å². The van der Waals surface area contributed by atoms with Gasteiger partial charge in [-0.05, 0) is 61.2 Å². The number of rotatable bonds is 9. The number of ether oxygens (including phenoxy) is 2. The molecule has 0 spiro atoms. The van der Waals surface area contributed by atoms with Crippen molar-refractivity contribution in [2.24, 2.45) is 5.92 Å². The first kappa shape index (κ1) is 24.8. The van der Waals surface area contributed by atoms with Crippen LogP contribution in [0.4, 0.5) is 0 Å². The topological polar surface area (TPSA) is 97.0 Å². The standard InChI is InChI=1S/C26H31N3O5/c1-4-14-27-25(31)23(28-24(30)19-8-10-21(33-2)11-9-19)18-12-15-29(16-13-18)26(32)20-6-5-7-22(17-20)34-3/h4-11,17-18,23H,1,12-16H2,2-3H3,(H,27,31)(H,28,30). The third-order valence-electron chi connectivity index (χ3n) is 5.96. The van der Waals surface area contributed by atoms with E-state index in [0.717, 1.165) is 0 Å². The number of likely N-dealkylation sites (tertiary alicyclic amines) is 1. The Labute approximate surface area is 199 Å². The quantitative estimate of drug-likeness (QED) is 0.555. The van der Waals surface area contributed by atoms with Gasteiger partial charge in [0.2, 0.25) is 5.91 Å². The Morgan fingerprint density at radius 2 is 1.71 bits per heavy atom. The summed E-state index contributed by atoms with van der Waals surface area (Å²) < 4.78 is 10.4. The fraction of sp³-hybridized carbons (Fsp3) is 0.346. The lowest BCUT2D eigenvalue weighted by Crippen LogP contribution is -2.53. The van der Waals surface area contributed by atoms with E-state index in [-0.39, 0.29) is 23.6 Å². The van der Waals surface area contributed by atoms with E-state index >= 15 is 0 Å².